The predicted octanol–water partition coefficient (Wildman–Crippen LogP) is 3.04. The SMILES string of the molecule is NCCc1nc2ccc(Br)cn2c1-c1ccc2c(c1)OCCO2. The molecule has 5 nitrogen and oxygen atoms in total. The van der Waals surface area contributed by atoms with Gasteiger partial charge in [-0.3, -0.25) is 4.40 Å². The van der Waals surface area contributed by atoms with Crippen molar-refractivity contribution in [3.05, 3.63) is 46.7 Å². The molecular formula is C17H16BrN3O2. The second kappa shape index (κ2) is 5.86. The van der Waals surface area contributed by atoms with Gasteiger partial charge in [0.1, 0.15) is 18.9 Å². The number of imidazole rings is 1. The summed E-state index contributed by atoms with van der Waals surface area (Å²) in [7, 11) is 0. The first kappa shape index (κ1) is 14.5. The summed E-state index contributed by atoms with van der Waals surface area (Å²) in [6, 6.07) is 9.98. The Labute approximate surface area is 142 Å². The molecule has 0 saturated heterocycles. The summed E-state index contributed by atoms with van der Waals surface area (Å²) in [5.41, 5.74) is 9.75. The first-order valence-electron chi connectivity index (χ1n) is 7.53. The molecule has 0 saturated carbocycles. The molecule has 23 heavy (non-hydrogen) atoms. The van der Waals surface area contributed by atoms with Crippen LogP contribution in [0.2, 0.25) is 0 Å². The molecule has 1 aliphatic heterocycles. The highest BCUT2D eigenvalue weighted by atomic mass is 79.9. The number of aromatic nitrogens is 2. The third-order valence-corrected chi connectivity index (χ3v) is 4.32. The Balaban J connectivity index is 1.92. The fourth-order valence-electron chi connectivity index (χ4n) is 2.87. The number of nitrogens with zero attached hydrogens (tertiary/aromatic N) is 2. The number of hydrogen-bond acceptors (Lipinski definition) is 4. The van der Waals surface area contributed by atoms with E-state index in [0.717, 1.165) is 45.0 Å². The van der Waals surface area contributed by atoms with Crippen molar-refractivity contribution in [2.45, 2.75) is 6.42 Å². The molecule has 0 amide bonds. The van der Waals surface area contributed by atoms with Gasteiger partial charge in [-0.05, 0) is 52.8 Å². The van der Waals surface area contributed by atoms with E-state index < -0.39 is 0 Å². The lowest BCUT2D eigenvalue weighted by Gasteiger charge is -2.19. The average molecular weight is 374 g/mol. The number of pyridine rings is 1. The number of halogens is 1. The van der Waals surface area contributed by atoms with Gasteiger partial charge in [-0.2, -0.15) is 0 Å². The van der Waals surface area contributed by atoms with Crippen LogP contribution in [0.5, 0.6) is 11.5 Å². The zero-order chi connectivity index (χ0) is 15.8. The highest BCUT2D eigenvalue weighted by Crippen LogP contribution is 2.36. The molecule has 0 spiro atoms. The molecular weight excluding hydrogens is 358 g/mol. The number of fused-ring (bicyclic) bond motifs is 2. The summed E-state index contributed by atoms with van der Waals surface area (Å²) in [6.07, 6.45) is 2.75. The first-order chi connectivity index (χ1) is 11.3. The van der Waals surface area contributed by atoms with Gasteiger partial charge in [0.2, 0.25) is 0 Å². The van der Waals surface area contributed by atoms with Gasteiger partial charge in [0.15, 0.2) is 11.5 Å². The number of nitrogens with two attached hydrogens (primary N) is 1. The topological polar surface area (TPSA) is 61.8 Å². The van der Waals surface area contributed by atoms with Gasteiger partial charge in [0.05, 0.1) is 11.4 Å². The van der Waals surface area contributed by atoms with Crippen molar-refractivity contribution in [2.75, 3.05) is 19.8 Å². The molecule has 6 heteroatoms. The molecule has 0 unspecified atom stereocenters. The Bertz CT molecular complexity index is 876. The van der Waals surface area contributed by atoms with E-state index in [1.165, 1.54) is 0 Å². The van der Waals surface area contributed by atoms with Crippen molar-refractivity contribution in [1.82, 2.24) is 9.38 Å². The van der Waals surface area contributed by atoms with Gasteiger partial charge < -0.3 is 15.2 Å². The van der Waals surface area contributed by atoms with Crippen molar-refractivity contribution >= 4 is 21.6 Å². The van der Waals surface area contributed by atoms with E-state index in [1.807, 2.05) is 36.5 Å². The second-order valence-electron chi connectivity index (χ2n) is 5.38. The van der Waals surface area contributed by atoms with E-state index >= 15 is 0 Å². The third-order valence-electron chi connectivity index (χ3n) is 3.85. The number of hydrogen-bond donors (Lipinski definition) is 1. The molecule has 1 aliphatic rings. The summed E-state index contributed by atoms with van der Waals surface area (Å²) >= 11 is 3.53. The van der Waals surface area contributed by atoms with Gasteiger partial charge in [-0.1, -0.05) is 0 Å². The Morgan fingerprint density at radius 2 is 1.96 bits per heavy atom. The van der Waals surface area contributed by atoms with Crippen LogP contribution in [0.1, 0.15) is 5.69 Å². The van der Waals surface area contributed by atoms with E-state index in [1.54, 1.807) is 0 Å². The van der Waals surface area contributed by atoms with Gasteiger partial charge in [-0.25, -0.2) is 4.98 Å². The van der Waals surface area contributed by atoms with Crippen LogP contribution in [-0.2, 0) is 6.42 Å². The van der Waals surface area contributed by atoms with Crippen molar-refractivity contribution in [2.24, 2.45) is 5.73 Å². The van der Waals surface area contributed by atoms with Gasteiger partial charge in [0, 0.05) is 22.7 Å². The molecule has 3 heterocycles. The highest BCUT2D eigenvalue weighted by Gasteiger charge is 2.18. The molecule has 0 aliphatic carbocycles. The van der Waals surface area contributed by atoms with Crippen LogP contribution in [0.4, 0.5) is 0 Å². The van der Waals surface area contributed by atoms with E-state index in [-0.39, 0.29) is 0 Å². The summed E-state index contributed by atoms with van der Waals surface area (Å²) < 4.78 is 14.4. The smallest absolute Gasteiger partial charge is 0.162 e. The minimum absolute atomic E-state index is 0.558. The molecule has 1 aromatic carbocycles. The third kappa shape index (κ3) is 2.58. The minimum Gasteiger partial charge on any atom is -0.486 e. The quantitative estimate of drug-likeness (QED) is 0.766. The van der Waals surface area contributed by atoms with Crippen LogP contribution < -0.4 is 15.2 Å². The van der Waals surface area contributed by atoms with Gasteiger partial charge in [0.25, 0.3) is 0 Å². The van der Waals surface area contributed by atoms with E-state index in [2.05, 4.69) is 20.3 Å². The van der Waals surface area contributed by atoms with Crippen LogP contribution >= 0.6 is 15.9 Å². The number of ether oxygens (including phenoxy) is 2. The Morgan fingerprint density at radius 1 is 1.13 bits per heavy atom. The summed E-state index contributed by atoms with van der Waals surface area (Å²) in [4.78, 5) is 4.72. The number of rotatable bonds is 3. The van der Waals surface area contributed by atoms with Crippen LogP contribution in [0, 0.1) is 0 Å². The fourth-order valence-corrected chi connectivity index (χ4v) is 3.21. The molecule has 118 valence electrons. The largest absolute Gasteiger partial charge is 0.486 e. The van der Waals surface area contributed by atoms with E-state index in [9.17, 15) is 0 Å². The highest BCUT2D eigenvalue weighted by molar-refractivity contribution is 9.10. The monoisotopic (exact) mass is 373 g/mol. The molecule has 0 fully saturated rings. The van der Waals surface area contributed by atoms with Gasteiger partial charge in [-0.15, -0.1) is 0 Å². The zero-order valence-electron chi connectivity index (χ0n) is 12.5. The fraction of sp³-hybridized carbons (Fsp3) is 0.235. The van der Waals surface area contributed by atoms with Crippen LogP contribution in [0.3, 0.4) is 0 Å². The Hall–Kier alpha value is -2.05. The molecule has 0 bridgehead atoms. The molecule has 0 atom stereocenters. The lowest BCUT2D eigenvalue weighted by molar-refractivity contribution is 0.171. The number of benzene rings is 1. The minimum atomic E-state index is 0.558. The Kier molecular flexibility index (Phi) is 3.71. The second-order valence-corrected chi connectivity index (χ2v) is 6.30. The molecule has 4 rings (SSSR count). The molecule has 2 aromatic heterocycles. The normalized spacial score (nSPS) is 13.5. The van der Waals surface area contributed by atoms with Gasteiger partial charge >= 0.3 is 0 Å². The van der Waals surface area contributed by atoms with E-state index in [0.29, 0.717) is 19.8 Å². The standard InChI is InChI=1S/C17H16BrN3O2/c18-12-2-4-16-20-13(5-6-19)17(21(16)10-12)11-1-3-14-15(9-11)23-8-7-22-14/h1-4,9-10H,5-8,19H2. The van der Waals surface area contributed by atoms with Crippen LogP contribution in [0.15, 0.2) is 41.0 Å². The molecule has 2 N–H and O–H groups in total. The first-order valence-corrected chi connectivity index (χ1v) is 8.32. The lowest BCUT2D eigenvalue weighted by atomic mass is 10.1. The van der Waals surface area contributed by atoms with Crippen molar-refractivity contribution in [1.29, 1.82) is 0 Å². The summed E-state index contributed by atoms with van der Waals surface area (Å²) in [6.45, 7) is 1.72. The predicted molar refractivity (Wildman–Crippen MR) is 92.1 cm³/mol. The summed E-state index contributed by atoms with van der Waals surface area (Å²) in [5, 5.41) is 0. The zero-order valence-corrected chi connectivity index (χ0v) is 14.0. The maximum atomic E-state index is 5.77. The van der Waals surface area contributed by atoms with Crippen molar-refractivity contribution < 1.29 is 9.47 Å². The maximum Gasteiger partial charge on any atom is 0.162 e. The van der Waals surface area contributed by atoms with Crippen LogP contribution in [0.25, 0.3) is 16.9 Å². The lowest BCUT2D eigenvalue weighted by Crippen LogP contribution is -2.15. The molecule has 3 aromatic rings. The summed E-state index contributed by atoms with van der Waals surface area (Å²) in [5.74, 6) is 1.56. The molecule has 0 radical (unpaired) electrons. The van der Waals surface area contributed by atoms with Crippen LogP contribution in [-0.4, -0.2) is 29.1 Å². The average Bonchev–Trinajstić information content (AvgIpc) is 2.92. The maximum absolute atomic E-state index is 5.77. The van der Waals surface area contributed by atoms with Crippen molar-refractivity contribution in [3.63, 3.8) is 0 Å². The van der Waals surface area contributed by atoms with E-state index in [4.69, 9.17) is 20.2 Å². The Morgan fingerprint density at radius 3 is 2.78 bits per heavy atom. The van der Waals surface area contributed by atoms with Crippen molar-refractivity contribution in [3.8, 4) is 22.8 Å².